The molecule has 1 aliphatic heterocycles. The molecule has 2 heteroatoms. The molecule has 1 aromatic rings. The maximum atomic E-state index is 11.0. The van der Waals surface area contributed by atoms with Gasteiger partial charge in [-0.1, -0.05) is 30.3 Å². The van der Waals surface area contributed by atoms with Gasteiger partial charge in [0.2, 0.25) is 0 Å². The molecule has 2 rings (SSSR count). The molecule has 0 unspecified atom stereocenters. The van der Waals surface area contributed by atoms with Gasteiger partial charge in [0, 0.05) is 24.9 Å². The number of hydrogen-bond acceptors (Lipinski definition) is 2. The molecule has 0 bridgehead atoms. The molecule has 0 amide bonds. The number of rotatable bonds is 3. The zero-order chi connectivity index (χ0) is 10.5. The lowest BCUT2D eigenvalue weighted by Gasteiger charge is -2.12. The fourth-order valence-electron chi connectivity index (χ4n) is 1.87. The van der Waals surface area contributed by atoms with Crippen molar-refractivity contribution in [2.75, 3.05) is 13.1 Å². The Hall–Kier alpha value is -1.57. The largest absolute Gasteiger partial charge is 0.377 e. The summed E-state index contributed by atoms with van der Waals surface area (Å²) in [7, 11) is 0. The van der Waals surface area contributed by atoms with Gasteiger partial charge in [-0.05, 0) is 18.4 Å². The minimum atomic E-state index is 0.775. The Kier molecular flexibility index (Phi) is 3.18. The minimum Gasteiger partial charge on any atom is -0.377 e. The van der Waals surface area contributed by atoms with E-state index in [-0.39, 0.29) is 0 Å². The summed E-state index contributed by atoms with van der Waals surface area (Å²) < 4.78 is 0. The van der Waals surface area contributed by atoms with Gasteiger partial charge >= 0.3 is 0 Å². The van der Waals surface area contributed by atoms with Crippen molar-refractivity contribution in [3.63, 3.8) is 0 Å². The van der Waals surface area contributed by atoms with Gasteiger partial charge < -0.3 is 4.90 Å². The van der Waals surface area contributed by atoms with Crippen LogP contribution in [0.25, 0.3) is 5.57 Å². The third kappa shape index (κ3) is 2.46. The van der Waals surface area contributed by atoms with Crippen LogP contribution in [-0.4, -0.2) is 24.3 Å². The summed E-state index contributed by atoms with van der Waals surface area (Å²) in [6.45, 7) is 2.15. The molecule has 78 valence electrons. The van der Waals surface area contributed by atoms with Crippen LogP contribution in [0, 0.1) is 0 Å². The van der Waals surface area contributed by atoms with Crippen LogP contribution in [0.2, 0.25) is 0 Å². The third-order valence-corrected chi connectivity index (χ3v) is 2.70. The van der Waals surface area contributed by atoms with Crippen LogP contribution in [0.5, 0.6) is 0 Å². The second kappa shape index (κ2) is 4.78. The highest BCUT2D eigenvalue weighted by Crippen LogP contribution is 2.15. The summed E-state index contributed by atoms with van der Waals surface area (Å²) >= 11 is 0. The Morgan fingerprint density at radius 2 is 1.80 bits per heavy atom. The summed E-state index contributed by atoms with van der Waals surface area (Å²) in [5.41, 5.74) is 1.77. The number of likely N-dealkylation sites (tertiary alicyclic amines) is 1. The maximum Gasteiger partial charge on any atom is 0.152 e. The van der Waals surface area contributed by atoms with Crippen molar-refractivity contribution >= 4 is 11.9 Å². The lowest BCUT2D eigenvalue weighted by atomic mass is 10.1. The molecule has 0 aliphatic carbocycles. The zero-order valence-corrected chi connectivity index (χ0v) is 8.73. The highest BCUT2D eigenvalue weighted by molar-refractivity contribution is 6.06. The molecular formula is C13H15NO. The van der Waals surface area contributed by atoms with Crippen LogP contribution < -0.4 is 0 Å². The second-order valence-corrected chi connectivity index (χ2v) is 3.81. The Morgan fingerprint density at radius 1 is 1.13 bits per heavy atom. The van der Waals surface area contributed by atoms with Gasteiger partial charge in [0.05, 0.1) is 0 Å². The van der Waals surface area contributed by atoms with Gasteiger partial charge in [-0.25, -0.2) is 0 Å². The van der Waals surface area contributed by atoms with Crippen molar-refractivity contribution in [1.82, 2.24) is 4.90 Å². The van der Waals surface area contributed by atoms with Crippen molar-refractivity contribution in [2.45, 2.75) is 12.8 Å². The summed E-state index contributed by atoms with van der Waals surface area (Å²) in [5.74, 6) is 0. The van der Waals surface area contributed by atoms with E-state index in [0.29, 0.717) is 0 Å². The smallest absolute Gasteiger partial charge is 0.152 e. The van der Waals surface area contributed by atoms with Crippen molar-refractivity contribution < 1.29 is 4.79 Å². The van der Waals surface area contributed by atoms with Gasteiger partial charge in [-0.3, -0.25) is 4.79 Å². The van der Waals surface area contributed by atoms with Crippen molar-refractivity contribution in [3.05, 3.63) is 42.1 Å². The Bertz CT molecular complexity index is 350. The van der Waals surface area contributed by atoms with E-state index in [0.717, 1.165) is 30.5 Å². The van der Waals surface area contributed by atoms with E-state index in [1.807, 2.05) is 36.5 Å². The van der Waals surface area contributed by atoms with E-state index < -0.39 is 0 Å². The maximum absolute atomic E-state index is 11.0. The number of benzene rings is 1. The monoisotopic (exact) mass is 201 g/mol. The van der Waals surface area contributed by atoms with Gasteiger partial charge in [0.15, 0.2) is 6.29 Å². The number of carbonyl (C=O) groups is 1. The molecule has 0 atom stereocenters. The molecule has 1 saturated heterocycles. The van der Waals surface area contributed by atoms with Gasteiger partial charge in [0.1, 0.15) is 0 Å². The quantitative estimate of drug-likeness (QED) is 0.552. The van der Waals surface area contributed by atoms with Crippen molar-refractivity contribution in [3.8, 4) is 0 Å². The highest BCUT2D eigenvalue weighted by atomic mass is 16.1. The van der Waals surface area contributed by atoms with E-state index in [2.05, 4.69) is 4.90 Å². The lowest BCUT2D eigenvalue weighted by molar-refractivity contribution is -0.103. The van der Waals surface area contributed by atoms with Crippen LogP contribution >= 0.6 is 0 Å². The van der Waals surface area contributed by atoms with Crippen molar-refractivity contribution in [1.29, 1.82) is 0 Å². The Morgan fingerprint density at radius 3 is 2.40 bits per heavy atom. The van der Waals surface area contributed by atoms with Crippen LogP contribution in [0.15, 0.2) is 36.5 Å². The second-order valence-electron chi connectivity index (χ2n) is 3.81. The Labute approximate surface area is 90.2 Å². The molecule has 1 fully saturated rings. The highest BCUT2D eigenvalue weighted by Gasteiger charge is 2.09. The topological polar surface area (TPSA) is 20.3 Å². The first-order valence-corrected chi connectivity index (χ1v) is 5.36. The summed E-state index contributed by atoms with van der Waals surface area (Å²) in [6.07, 6.45) is 5.39. The minimum absolute atomic E-state index is 0.775. The van der Waals surface area contributed by atoms with Gasteiger partial charge in [0.25, 0.3) is 0 Å². The molecule has 2 nitrogen and oxygen atoms in total. The number of hydrogen-bond donors (Lipinski definition) is 0. The average molecular weight is 201 g/mol. The van der Waals surface area contributed by atoms with E-state index in [1.54, 1.807) is 0 Å². The molecule has 15 heavy (non-hydrogen) atoms. The van der Waals surface area contributed by atoms with E-state index in [9.17, 15) is 4.79 Å². The molecular weight excluding hydrogens is 186 g/mol. The third-order valence-electron chi connectivity index (χ3n) is 2.70. The first-order valence-electron chi connectivity index (χ1n) is 5.36. The normalized spacial score (nSPS) is 16.8. The van der Waals surface area contributed by atoms with Crippen LogP contribution in [0.4, 0.5) is 0 Å². The average Bonchev–Trinajstić information content (AvgIpc) is 2.80. The summed E-state index contributed by atoms with van der Waals surface area (Å²) in [5, 5.41) is 0. The van der Waals surface area contributed by atoms with E-state index in [4.69, 9.17) is 0 Å². The molecule has 0 spiro atoms. The molecule has 1 aromatic carbocycles. The van der Waals surface area contributed by atoms with Crippen LogP contribution in [0.1, 0.15) is 18.4 Å². The molecule has 0 aromatic heterocycles. The molecule has 0 saturated carbocycles. The molecule has 1 aliphatic rings. The standard InChI is InChI=1S/C13H15NO/c15-11-13(10-14-8-4-5-9-14)12-6-2-1-3-7-12/h1-3,6-7,10-11H,4-5,8-9H2. The van der Waals surface area contributed by atoms with Crippen LogP contribution in [-0.2, 0) is 4.79 Å². The fourth-order valence-corrected chi connectivity index (χ4v) is 1.87. The van der Waals surface area contributed by atoms with Gasteiger partial charge in [-0.15, -0.1) is 0 Å². The first-order chi connectivity index (χ1) is 7.40. The van der Waals surface area contributed by atoms with Crippen molar-refractivity contribution in [2.24, 2.45) is 0 Å². The predicted molar refractivity (Wildman–Crippen MR) is 61.3 cm³/mol. The summed E-state index contributed by atoms with van der Waals surface area (Å²) in [6, 6.07) is 9.81. The first kappa shape index (κ1) is 9.97. The van der Waals surface area contributed by atoms with E-state index >= 15 is 0 Å². The number of nitrogens with zero attached hydrogens (tertiary/aromatic N) is 1. The zero-order valence-electron chi connectivity index (χ0n) is 8.73. The van der Waals surface area contributed by atoms with E-state index in [1.165, 1.54) is 12.8 Å². The van der Waals surface area contributed by atoms with Gasteiger partial charge in [-0.2, -0.15) is 0 Å². The number of carbonyl (C=O) groups excluding carboxylic acids is 1. The molecule has 0 radical (unpaired) electrons. The lowest BCUT2D eigenvalue weighted by Crippen LogP contribution is -2.11. The molecule has 1 heterocycles. The predicted octanol–water partition coefficient (Wildman–Crippen LogP) is 2.32. The Balaban J connectivity index is 2.19. The SMILES string of the molecule is O=CC(=CN1CCCC1)c1ccccc1. The number of aldehydes is 1. The number of allylic oxidation sites excluding steroid dienone is 1. The fraction of sp³-hybridized carbons (Fsp3) is 0.308. The van der Waals surface area contributed by atoms with Crippen LogP contribution in [0.3, 0.4) is 0 Å². The molecule has 0 N–H and O–H groups in total. The summed E-state index contributed by atoms with van der Waals surface area (Å²) in [4.78, 5) is 13.2.